The largest absolute Gasteiger partial charge is 0.308 e. The van der Waals surface area contributed by atoms with Crippen LogP contribution in [0.5, 0.6) is 0 Å². The second kappa shape index (κ2) is 12.6. The summed E-state index contributed by atoms with van der Waals surface area (Å²) in [7, 11) is 0. The number of para-hydroxylation sites is 1. The van der Waals surface area contributed by atoms with E-state index in [9.17, 15) is 0 Å². The molecule has 11 aromatic rings. The first kappa shape index (κ1) is 31.1. The molecule has 0 aliphatic rings. The Morgan fingerprint density at radius 2 is 0.836 bits per heavy atom. The molecule has 9 aromatic carbocycles. The molecule has 55 heavy (non-hydrogen) atoms. The van der Waals surface area contributed by atoms with Gasteiger partial charge in [0.15, 0.2) is 17.5 Å². The quantitative estimate of drug-likeness (QED) is 0.179. The number of hydrogen-bond donors (Lipinski definition) is 0. The Morgan fingerprint density at radius 1 is 0.309 bits per heavy atom. The van der Waals surface area contributed by atoms with Crippen LogP contribution in [-0.2, 0) is 0 Å². The Hall–Kier alpha value is -7.43. The van der Waals surface area contributed by atoms with E-state index in [1.54, 1.807) is 0 Å². The average molecular weight is 701 g/mol. The van der Waals surface area contributed by atoms with Crippen LogP contribution in [0, 0.1) is 0 Å². The van der Waals surface area contributed by atoms with Gasteiger partial charge in [0.25, 0.3) is 0 Å². The predicted octanol–water partition coefficient (Wildman–Crippen LogP) is 13.1. The third-order valence-electron chi connectivity index (χ3n) is 10.8. The zero-order valence-electron chi connectivity index (χ0n) is 29.8. The zero-order chi connectivity index (χ0) is 36.3. The normalized spacial score (nSPS) is 11.6. The van der Waals surface area contributed by atoms with Crippen LogP contribution < -0.4 is 0 Å². The van der Waals surface area contributed by atoms with Crippen molar-refractivity contribution >= 4 is 54.1 Å². The number of benzene rings is 9. The molecule has 11 rings (SSSR count). The van der Waals surface area contributed by atoms with E-state index >= 15 is 0 Å². The molecule has 2 aromatic heterocycles. The van der Waals surface area contributed by atoms with E-state index in [0.717, 1.165) is 55.0 Å². The van der Waals surface area contributed by atoms with E-state index in [2.05, 4.69) is 180 Å². The smallest absolute Gasteiger partial charge is 0.166 e. The van der Waals surface area contributed by atoms with Crippen LogP contribution in [0.2, 0.25) is 0 Å². The summed E-state index contributed by atoms with van der Waals surface area (Å²) < 4.78 is 2.40. The third kappa shape index (κ3) is 5.11. The maximum atomic E-state index is 5.40. The minimum atomic E-state index is 0.618. The van der Waals surface area contributed by atoms with Gasteiger partial charge in [0, 0.05) is 27.5 Å². The molecule has 0 saturated heterocycles. The fraction of sp³-hybridized carbons (Fsp3) is 0. The molecule has 0 aliphatic heterocycles. The highest BCUT2D eigenvalue weighted by molar-refractivity contribution is 6.21. The molecule has 0 atom stereocenters. The summed E-state index contributed by atoms with van der Waals surface area (Å²) in [5.41, 5.74) is 8.45. The summed E-state index contributed by atoms with van der Waals surface area (Å²) in [5.74, 6) is 1.88. The number of aromatic nitrogens is 4. The molecule has 4 heteroatoms. The molecule has 256 valence electrons. The summed E-state index contributed by atoms with van der Waals surface area (Å²) in [5, 5.41) is 9.40. The molecule has 2 heterocycles. The van der Waals surface area contributed by atoms with E-state index in [-0.39, 0.29) is 0 Å². The van der Waals surface area contributed by atoms with Crippen LogP contribution in [0.3, 0.4) is 0 Å². The highest BCUT2D eigenvalue weighted by Gasteiger charge is 2.22. The van der Waals surface area contributed by atoms with Crippen LogP contribution >= 0.6 is 0 Å². The summed E-state index contributed by atoms with van der Waals surface area (Å²) in [4.78, 5) is 15.9. The average Bonchev–Trinajstić information content (AvgIpc) is 3.61. The molecule has 4 nitrogen and oxygen atoms in total. The fourth-order valence-electron chi connectivity index (χ4n) is 8.29. The Morgan fingerprint density at radius 3 is 1.58 bits per heavy atom. The minimum absolute atomic E-state index is 0.618. The SMILES string of the molecule is c1ccc(-c2nc(-c3cc4ccccc4cc3-n3c4ccccc4c4c5ccccc5ccc43)nc(-c3ccc(-c4ccccc4)c4ccccc34)n2)cc1. The summed E-state index contributed by atoms with van der Waals surface area (Å²) in [6, 6.07) is 68.6. The van der Waals surface area contributed by atoms with Gasteiger partial charge >= 0.3 is 0 Å². The van der Waals surface area contributed by atoms with E-state index in [4.69, 9.17) is 15.0 Å². The van der Waals surface area contributed by atoms with E-state index in [1.807, 2.05) is 18.2 Å². The van der Waals surface area contributed by atoms with Crippen molar-refractivity contribution in [2.75, 3.05) is 0 Å². The van der Waals surface area contributed by atoms with Crippen molar-refractivity contribution in [1.29, 1.82) is 0 Å². The van der Waals surface area contributed by atoms with Gasteiger partial charge in [-0.2, -0.15) is 0 Å². The fourth-order valence-corrected chi connectivity index (χ4v) is 8.29. The van der Waals surface area contributed by atoms with Crippen molar-refractivity contribution in [3.8, 4) is 51.0 Å². The van der Waals surface area contributed by atoms with Gasteiger partial charge in [0.2, 0.25) is 0 Å². The molecule has 0 N–H and O–H groups in total. The van der Waals surface area contributed by atoms with Gasteiger partial charge in [-0.05, 0) is 73.8 Å². The van der Waals surface area contributed by atoms with Crippen molar-refractivity contribution in [2.24, 2.45) is 0 Å². The third-order valence-corrected chi connectivity index (χ3v) is 10.8. The van der Waals surface area contributed by atoms with Crippen molar-refractivity contribution in [1.82, 2.24) is 19.5 Å². The van der Waals surface area contributed by atoms with Crippen molar-refractivity contribution in [3.05, 3.63) is 194 Å². The van der Waals surface area contributed by atoms with Gasteiger partial charge in [-0.3, -0.25) is 0 Å². The number of nitrogens with zero attached hydrogens (tertiary/aromatic N) is 4. The van der Waals surface area contributed by atoms with E-state index in [0.29, 0.717) is 17.5 Å². The lowest BCUT2D eigenvalue weighted by Gasteiger charge is -2.17. The van der Waals surface area contributed by atoms with Crippen LogP contribution in [-0.4, -0.2) is 19.5 Å². The molecule has 0 fully saturated rings. The first-order valence-corrected chi connectivity index (χ1v) is 18.6. The van der Waals surface area contributed by atoms with Gasteiger partial charge in [-0.25, -0.2) is 15.0 Å². The molecule has 0 unspecified atom stereocenters. The second-order valence-electron chi connectivity index (χ2n) is 14.0. The number of rotatable bonds is 5. The predicted molar refractivity (Wildman–Crippen MR) is 228 cm³/mol. The first-order chi connectivity index (χ1) is 27.3. The van der Waals surface area contributed by atoms with E-state index < -0.39 is 0 Å². The Kier molecular flexibility index (Phi) is 7.14. The van der Waals surface area contributed by atoms with E-state index in [1.165, 1.54) is 32.7 Å². The molecular weight excluding hydrogens is 669 g/mol. The zero-order valence-corrected chi connectivity index (χ0v) is 29.8. The van der Waals surface area contributed by atoms with Crippen LogP contribution in [0.25, 0.3) is 105 Å². The number of hydrogen-bond acceptors (Lipinski definition) is 3. The second-order valence-corrected chi connectivity index (χ2v) is 14.0. The highest BCUT2D eigenvalue weighted by atomic mass is 15.1. The topological polar surface area (TPSA) is 43.6 Å². The maximum Gasteiger partial charge on any atom is 0.166 e. The van der Waals surface area contributed by atoms with Gasteiger partial charge < -0.3 is 4.57 Å². The lowest BCUT2D eigenvalue weighted by atomic mass is 9.94. The molecule has 0 bridgehead atoms. The van der Waals surface area contributed by atoms with Gasteiger partial charge in [-0.15, -0.1) is 0 Å². The summed E-state index contributed by atoms with van der Waals surface area (Å²) >= 11 is 0. The number of fused-ring (bicyclic) bond motifs is 7. The maximum absolute atomic E-state index is 5.40. The van der Waals surface area contributed by atoms with Gasteiger partial charge in [0.05, 0.1) is 16.7 Å². The lowest BCUT2D eigenvalue weighted by Crippen LogP contribution is -2.04. The molecule has 0 spiro atoms. The molecule has 0 saturated carbocycles. The lowest BCUT2D eigenvalue weighted by molar-refractivity contribution is 1.07. The minimum Gasteiger partial charge on any atom is -0.308 e. The Labute approximate surface area is 317 Å². The monoisotopic (exact) mass is 700 g/mol. The molecular formula is C51H32N4. The van der Waals surface area contributed by atoms with Crippen molar-refractivity contribution in [2.45, 2.75) is 0 Å². The first-order valence-electron chi connectivity index (χ1n) is 18.6. The van der Waals surface area contributed by atoms with Crippen molar-refractivity contribution in [3.63, 3.8) is 0 Å². The van der Waals surface area contributed by atoms with Crippen LogP contribution in [0.1, 0.15) is 0 Å². The van der Waals surface area contributed by atoms with Gasteiger partial charge in [-0.1, -0.05) is 164 Å². The highest BCUT2D eigenvalue weighted by Crippen LogP contribution is 2.41. The van der Waals surface area contributed by atoms with Crippen LogP contribution in [0.4, 0.5) is 0 Å². The van der Waals surface area contributed by atoms with Crippen molar-refractivity contribution < 1.29 is 0 Å². The standard InChI is InChI=1S/C51H32N4/c1-3-15-33(16-4-1)38-28-29-42(41-24-12-11-23-40(38)41)50-52-49(35-18-5-2-6-19-35)53-51(54-50)44-31-36-20-7-8-21-37(36)32-47(44)55-45-26-14-13-25-43(45)48-39-22-10-9-17-34(39)27-30-46(48)55/h1-32H. The Bertz CT molecular complexity index is 3260. The molecule has 0 amide bonds. The summed E-state index contributed by atoms with van der Waals surface area (Å²) in [6.07, 6.45) is 0. The summed E-state index contributed by atoms with van der Waals surface area (Å²) in [6.45, 7) is 0. The van der Waals surface area contributed by atoms with Crippen LogP contribution in [0.15, 0.2) is 194 Å². The molecule has 0 aliphatic carbocycles. The molecule has 0 radical (unpaired) electrons. The Balaban J connectivity index is 1.22. The van der Waals surface area contributed by atoms with Gasteiger partial charge in [0.1, 0.15) is 0 Å².